The number of rotatable bonds is 0. The van der Waals surface area contributed by atoms with Gasteiger partial charge in [-0.2, -0.15) is 0 Å². The Kier molecular flexibility index (Phi) is 3.07. The molecule has 0 unspecified atom stereocenters. The summed E-state index contributed by atoms with van der Waals surface area (Å²) in [5, 5.41) is 0. The molecule has 0 aromatic heterocycles. The van der Waals surface area contributed by atoms with Crippen LogP contribution in [0.5, 0.6) is 0 Å². The zero-order chi connectivity index (χ0) is 8.27. The lowest BCUT2D eigenvalue weighted by Gasteiger charge is -1.89. The highest BCUT2D eigenvalue weighted by Gasteiger charge is 2.10. The fraction of sp³-hybridized carbons (Fsp3) is 0. The van der Waals surface area contributed by atoms with Gasteiger partial charge in [0, 0.05) is 11.1 Å². The first-order valence-corrected chi connectivity index (χ1v) is 4.30. The first-order chi connectivity index (χ1) is 5.27. The molecule has 11 heavy (non-hydrogen) atoms. The van der Waals surface area contributed by atoms with E-state index in [0.717, 1.165) is 9.28 Å². The highest BCUT2D eigenvalue weighted by molar-refractivity contribution is 14.1. The smallest absolute Gasteiger partial charge is 0.162 e. The van der Waals surface area contributed by atoms with Crippen LogP contribution in [-0.2, 0) is 0 Å². The summed E-state index contributed by atoms with van der Waals surface area (Å²) in [4.78, 5) is 7.88. The molecule has 0 atom stereocenters. The molecule has 1 rings (SSSR count). The maximum Gasteiger partial charge on any atom is 0.162 e. The van der Waals surface area contributed by atoms with E-state index in [-0.39, 0.29) is 0 Å². The van der Waals surface area contributed by atoms with Crippen LogP contribution >= 0.6 is 34.2 Å². The maximum atomic E-state index is 5.50. The van der Waals surface area contributed by atoms with Crippen LogP contribution in [0.25, 0.3) is 0 Å². The molecule has 0 saturated heterocycles. The molecule has 1 aliphatic rings. The highest BCUT2D eigenvalue weighted by atomic mass is 127. The average Bonchev–Trinajstić information content (AvgIpc) is 2.32. The van der Waals surface area contributed by atoms with Crippen LogP contribution < -0.4 is 5.73 Å². The lowest BCUT2D eigenvalue weighted by atomic mass is 10.3. The van der Waals surface area contributed by atoms with E-state index in [2.05, 4.69) is 32.6 Å². The summed E-state index contributed by atoms with van der Waals surface area (Å²) in [5.41, 5.74) is 7.32. The molecular formula is C6H5ClIN3. The van der Waals surface area contributed by atoms with Crippen LogP contribution in [0.2, 0.25) is 0 Å². The Balaban J connectivity index is 2.93. The molecule has 0 amide bonds. The predicted molar refractivity (Wildman–Crippen MR) is 56.2 cm³/mol. The summed E-state index contributed by atoms with van der Waals surface area (Å²) < 4.78 is 0.857. The first kappa shape index (κ1) is 8.73. The second-order valence-corrected chi connectivity index (χ2v) is 3.07. The van der Waals surface area contributed by atoms with Crippen LogP contribution in [0.1, 0.15) is 0 Å². The van der Waals surface area contributed by atoms with E-state index in [4.69, 9.17) is 17.3 Å². The van der Waals surface area contributed by atoms with E-state index in [1.54, 1.807) is 0 Å². The summed E-state index contributed by atoms with van der Waals surface area (Å²) in [5.74, 6) is 0.562. The summed E-state index contributed by atoms with van der Waals surface area (Å²) in [7, 11) is 0. The third-order valence-corrected chi connectivity index (χ3v) is 1.85. The van der Waals surface area contributed by atoms with Crippen molar-refractivity contribution in [2.45, 2.75) is 0 Å². The Morgan fingerprint density at radius 2 is 2.45 bits per heavy atom. The van der Waals surface area contributed by atoms with Gasteiger partial charge in [0.05, 0.1) is 6.34 Å². The van der Waals surface area contributed by atoms with Crippen molar-refractivity contribution in [1.29, 1.82) is 0 Å². The van der Waals surface area contributed by atoms with Crippen LogP contribution in [0.4, 0.5) is 0 Å². The van der Waals surface area contributed by atoms with E-state index in [1.165, 1.54) is 11.9 Å². The zero-order valence-corrected chi connectivity index (χ0v) is 8.37. The van der Waals surface area contributed by atoms with E-state index in [0.29, 0.717) is 5.84 Å². The zero-order valence-electron chi connectivity index (χ0n) is 5.46. The van der Waals surface area contributed by atoms with Gasteiger partial charge in [-0.1, -0.05) is 11.6 Å². The summed E-state index contributed by atoms with van der Waals surface area (Å²) in [6.45, 7) is 0. The summed E-state index contributed by atoms with van der Waals surface area (Å²) in [6.07, 6.45) is 3.03. The molecule has 2 N–H and O–H groups in total. The van der Waals surface area contributed by atoms with Gasteiger partial charge in [-0.05, 0) is 28.7 Å². The van der Waals surface area contributed by atoms with Gasteiger partial charge < -0.3 is 5.73 Å². The first-order valence-electron chi connectivity index (χ1n) is 2.79. The molecule has 0 aromatic carbocycles. The highest BCUT2D eigenvalue weighted by Crippen LogP contribution is 2.22. The second kappa shape index (κ2) is 3.87. The van der Waals surface area contributed by atoms with Gasteiger partial charge in [0.2, 0.25) is 0 Å². The SMILES string of the molecule is NC=NC1=NC(I)=C/C1=C\Cl. The van der Waals surface area contributed by atoms with E-state index >= 15 is 0 Å². The molecule has 1 aliphatic heterocycles. The Morgan fingerprint density at radius 1 is 1.73 bits per heavy atom. The minimum absolute atomic E-state index is 0.562. The van der Waals surface area contributed by atoms with Crippen molar-refractivity contribution < 1.29 is 0 Å². The van der Waals surface area contributed by atoms with Crippen molar-refractivity contribution in [3.63, 3.8) is 0 Å². The number of nitrogens with zero attached hydrogens (tertiary/aromatic N) is 2. The third kappa shape index (κ3) is 2.03. The number of halogens is 2. The van der Waals surface area contributed by atoms with Crippen molar-refractivity contribution in [3.05, 3.63) is 20.9 Å². The molecule has 0 aromatic rings. The quantitative estimate of drug-likeness (QED) is 0.313. The molecule has 0 aliphatic carbocycles. The van der Waals surface area contributed by atoms with E-state index < -0.39 is 0 Å². The van der Waals surface area contributed by atoms with Gasteiger partial charge in [-0.15, -0.1) is 0 Å². The van der Waals surface area contributed by atoms with Crippen LogP contribution in [0, 0.1) is 0 Å². The maximum absolute atomic E-state index is 5.50. The van der Waals surface area contributed by atoms with Crippen molar-refractivity contribution in [3.8, 4) is 0 Å². The second-order valence-electron chi connectivity index (χ2n) is 1.75. The Bertz CT molecular complexity index is 278. The third-order valence-electron chi connectivity index (χ3n) is 1.06. The largest absolute Gasteiger partial charge is 0.390 e. The average molecular weight is 281 g/mol. The standard InChI is InChI=1S/C6H5ClIN3/c7-2-4-1-5(8)11-6(4)10-3-9/h1-3H,(H2,9,10,11)/b4-2+. The normalized spacial score (nSPS) is 21.1. The number of nitrogens with two attached hydrogens (primary N) is 1. The monoisotopic (exact) mass is 281 g/mol. The van der Waals surface area contributed by atoms with Crippen LogP contribution in [0.3, 0.4) is 0 Å². The fourth-order valence-electron chi connectivity index (χ4n) is 0.645. The Hall–Kier alpha value is -0.360. The molecule has 5 heteroatoms. The fourth-order valence-corrected chi connectivity index (χ4v) is 1.37. The van der Waals surface area contributed by atoms with Crippen molar-refractivity contribution in [2.24, 2.45) is 15.7 Å². The number of amidine groups is 1. The molecule has 0 fully saturated rings. The van der Waals surface area contributed by atoms with Gasteiger partial charge in [0.25, 0.3) is 0 Å². The molecule has 0 radical (unpaired) electrons. The Morgan fingerprint density at radius 3 is 3.00 bits per heavy atom. The van der Waals surface area contributed by atoms with Crippen molar-refractivity contribution >= 4 is 46.4 Å². The van der Waals surface area contributed by atoms with Gasteiger partial charge in [0.15, 0.2) is 5.84 Å². The molecular weight excluding hydrogens is 276 g/mol. The van der Waals surface area contributed by atoms with E-state index in [1.807, 2.05) is 6.08 Å². The molecule has 1 heterocycles. The van der Waals surface area contributed by atoms with Gasteiger partial charge in [0.1, 0.15) is 3.70 Å². The topological polar surface area (TPSA) is 50.7 Å². The van der Waals surface area contributed by atoms with Gasteiger partial charge in [-0.25, -0.2) is 9.98 Å². The Labute approximate surface area is 82.9 Å². The minimum atomic E-state index is 0.562. The van der Waals surface area contributed by atoms with Crippen molar-refractivity contribution in [2.75, 3.05) is 0 Å². The molecule has 0 bridgehead atoms. The van der Waals surface area contributed by atoms with Crippen molar-refractivity contribution in [1.82, 2.24) is 0 Å². The van der Waals surface area contributed by atoms with Gasteiger partial charge >= 0.3 is 0 Å². The van der Waals surface area contributed by atoms with Gasteiger partial charge in [-0.3, -0.25) is 0 Å². The minimum Gasteiger partial charge on any atom is -0.390 e. The molecule has 58 valence electrons. The molecule has 3 nitrogen and oxygen atoms in total. The summed E-state index contributed by atoms with van der Waals surface area (Å²) in [6, 6.07) is 0. The lowest BCUT2D eigenvalue weighted by molar-refractivity contribution is 1.53. The van der Waals surface area contributed by atoms with Crippen LogP contribution in [0.15, 0.2) is 30.9 Å². The summed E-state index contributed by atoms with van der Waals surface area (Å²) >= 11 is 7.58. The number of hydrogen-bond donors (Lipinski definition) is 1. The predicted octanol–water partition coefficient (Wildman–Crippen LogP) is 1.78. The number of hydrogen-bond acceptors (Lipinski definition) is 2. The molecule has 0 saturated carbocycles. The number of aliphatic imine (C=N–C) groups is 2. The van der Waals surface area contributed by atoms with E-state index in [9.17, 15) is 0 Å². The van der Waals surface area contributed by atoms with Crippen LogP contribution in [-0.4, -0.2) is 12.2 Å². The lowest BCUT2D eigenvalue weighted by Crippen LogP contribution is -1.97. The molecule has 0 spiro atoms.